The van der Waals surface area contributed by atoms with Gasteiger partial charge < -0.3 is 0 Å². The number of hydrogen-bond donors (Lipinski definition) is 0. The first-order valence-corrected chi connectivity index (χ1v) is 16.9. The molecule has 4 aromatic carbocycles. The van der Waals surface area contributed by atoms with Gasteiger partial charge >= 0.3 is 0 Å². The Bertz CT molecular complexity index is 1020. The van der Waals surface area contributed by atoms with Crippen LogP contribution < -0.4 is 0 Å². The molecule has 2 fully saturated rings. The van der Waals surface area contributed by atoms with Gasteiger partial charge in [-0.25, -0.2) is 0 Å². The fraction of sp³-hybridized carbons (Fsp3) is 0.294. The van der Waals surface area contributed by atoms with E-state index in [1.54, 1.807) is 22.3 Å². The zero-order valence-electron chi connectivity index (χ0n) is 21.0. The largest absolute Gasteiger partial charge is 0.0910 e. The molecule has 0 saturated carbocycles. The maximum Gasteiger partial charge on any atom is 0.00477 e. The molecule has 2 saturated heterocycles. The second-order valence-corrected chi connectivity index (χ2v) is 15.8. The van der Waals surface area contributed by atoms with E-state index in [0.717, 1.165) is 22.6 Å². The lowest BCUT2D eigenvalue weighted by Gasteiger charge is -2.32. The van der Waals surface area contributed by atoms with Crippen LogP contribution in [0.1, 0.15) is 70.6 Å². The topological polar surface area (TPSA) is 0 Å². The van der Waals surface area contributed by atoms with Crippen LogP contribution in [0, 0.1) is 0 Å². The Hall–Kier alpha value is -2.26. The standard InChI is InChI=1S/C34H36P2/c1-5-13-27(14-6-1)31-21-22-32(28-15-7-2-8-16-28)35(31)25-26-36-33(29-17-9-3-10-18-29)23-24-34(36)30-19-11-4-12-20-30/h1-20,31-34H,21-26H2. The molecule has 4 aromatic rings. The third kappa shape index (κ3) is 5.09. The molecule has 0 aromatic heterocycles. The van der Waals surface area contributed by atoms with Gasteiger partial charge in [0.15, 0.2) is 0 Å². The van der Waals surface area contributed by atoms with Crippen LogP contribution in [0.2, 0.25) is 0 Å². The molecule has 182 valence electrons. The van der Waals surface area contributed by atoms with Crippen molar-refractivity contribution in [3.05, 3.63) is 144 Å². The van der Waals surface area contributed by atoms with Crippen LogP contribution >= 0.6 is 15.8 Å². The third-order valence-corrected chi connectivity index (χ3v) is 15.6. The van der Waals surface area contributed by atoms with Crippen molar-refractivity contribution in [1.29, 1.82) is 0 Å². The molecule has 0 amide bonds. The van der Waals surface area contributed by atoms with E-state index in [0.29, 0.717) is 0 Å². The molecule has 36 heavy (non-hydrogen) atoms. The zero-order chi connectivity index (χ0) is 24.2. The fourth-order valence-electron chi connectivity index (χ4n) is 6.72. The van der Waals surface area contributed by atoms with Gasteiger partial charge in [-0.05, 0) is 60.3 Å². The number of rotatable bonds is 7. The van der Waals surface area contributed by atoms with Crippen LogP contribution in [0.4, 0.5) is 0 Å². The average molecular weight is 507 g/mol. The fourth-order valence-corrected chi connectivity index (χ4v) is 14.8. The maximum absolute atomic E-state index is 2.40. The first-order chi connectivity index (χ1) is 17.9. The second-order valence-electron chi connectivity index (χ2n) is 10.3. The molecule has 0 aliphatic carbocycles. The molecule has 0 bridgehead atoms. The maximum atomic E-state index is 2.40. The Morgan fingerprint density at radius 2 is 0.583 bits per heavy atom. The summed E-state index contributed by atoms with van der Waals surface area (Å²) in [6, 6.07) is 45.8. The molecule has 0 nitrogen and oxygen atoms in total. The quantitative estimate of drug-likeness (QED) is 0.219. The normalized spacial score (nSPS) is 27.8. The van der Waals surface area contributed by atoms with Crippen molar-refractivity contribution >= 4 is 15.8 Å². The van der Waals surface area contributed by atoms with Gasteiger partial charge in [0.2, 0.25) is 0 Å². The molecule has 0 spiro atoms. The average Bonchev–Trinajstić information content (AvgIpc) is 3.58. The summed E-state index contributed by atoms with van der Waals surface area (Å²) in [5.41, 5.74) is 9.31. The van der Waals surface area contributed by atoms with Crippen molar-refractivity contribution < 1.29 is 0 Å². The van der Waals surface area contributed by atoms with Gasteiger partial charge in [-0.1, -0.05) is 137 Å². The van der Waals surface area contributed by atoms with E-state index in [2.05, 4.69) is 121 Å². The SMILES string of the molecule is c1ccc(C2CCC(c3ccccc3)P2CCP2C(c3ccccc3)CCC2c2ccccc2)cc1. The molecule has 2 aliphatic rings. The van der Waals surface area contributed by atoms with Gasteiger partial charge in [0, 0.05) is 22.6 Å². The van der Waals surface area contributed by atoms with Crippen LogP contribution in [-0.2, 0) is 0 Å². The van der Waals surface area contributed by atoms with Crippen molar-refractivity contribution in [2.24, 2.45) is 0 Å². The Balaban J connectivity index is 1.30. The first kappa shape index (κ1) is 24.1. The van der Waals surface area contributed by atoms with Gasteiger partial charge in [0.1, 0.15) is 0 Å². The predicted octanol–water partition coefficient (Wildman–Crippen LogP) is 10.5. The highest BCUT2D eigenvalue weighted by atomic mass is 31.1. The summed E-state index contributed by atoms with van der Waals surface area (Å²) < 4.78 is 0. The molecule has 0 radical (unpaired) electrons. The Morgan fingerprint density at radius 1 is 0.361 bits per heavy atom. The molecule has 6 rings (SSSR count). The highest BCUT2D eigenvalue weighted by molar-refractivity contribution is 7.62. The van der Waals surface area contributed by atoms with Crippen molar-refractivity contribution in [3.63, 3.8) is 0 Å². The minimum atomic E-state index is -0.100. The summed E-state index contributed by atoms with van der Waals surface area (Å²) in [7, 11) is -0.201. The van der Waals surface area contributed by atoms with E-state index >= 15 is 0 Å². The molecule has 2 heteroatoms. The predicted molar refractivity (Wildman–Crippen MR) is 159 cm³/mol. The Labute approximate surface area is 219 Å². The molecule has 4 unspecified atom stereocenters. The minimum Gasteiger partial charge on any atom is -0.0910 e. The van der Waals surface area contributed by atoms with Gasteiger partial charge in [0.05, 0.1) is 0 Å². The van der Waals surface area contributed by atoms with E-state index in [-0.39, 0.29) is 15.8 Å². The van der Waals surface area contributed by atoms with E-state index in [1.165, 1.54) is 38.0 Å². The van der Waals surface area contributed by atoms with Gasteiger partial charge in [-0.3, -0.25) is 0 Å². The molecule has 4 atom stereocenters. The van der Waals surface area contributed by atoms with Crippen molar-refractivity contribution in [1.82, 2.24) is 0 Å². The third-order valence-electron chi connectivity index (χ3n) is 8.38. The zero-order valence-corrected chi connectivity index (χ0v) is 22.8. The van der Waals surface area contributed by atoms with E-state index < -0.39 is 0 Å². The smallest absolute Gasteiger partial charge is 0.00477 e. The highest BCUT2D eigenvalue weighted by Crippen LogP contribution is 2.75. The van der Waals surface area contributed by atoms with Gasteiger partial charge in [0.25, 0.3) is 0 Å². The van der Waals surface area contributed by atoms with Crippen LogP contribution in [0.15, 0.2) is 121 Å². The van der Waals surface area contributed by atoms with E-state index in [9.17, 15) is 0 Å². The molecule has 0 N–H and O–H groups in total. The lowest BCUT2D eigenvalue weighted by molar-refractivity contribution is 0.765. The van der Waals surface area contributed by atoms with Crippen LogP contribution in [0.5, 0.6) is 0 Å². The number of hydrogen-bond acceptors (Lipinski definition) is 0. The van der Waals surface area contributed by atoms with Crippen LogP contribution in [-0.4, -0.2) is 12.3 Å². The Kier molecular flexibility index (Phi) is 7.65. The monoisotopic (exact) mass is 506 g/mol. The first-order valence-electron chi connectivity index (χ1n) is 13.6. The van der Waals surface area contributed by atoms with E-state index in [4.69, 9.17) is 0 Å². The van der Waals surface area contributed by atoms with Crippen molar-refractivity contribution in [2.75, 3.05) is 12.3 Å². The summed E-state index contributed by atoms with van der Waals surface area (Å²) in [5.74, 6) is 0. The molecule has 2 heterocycles. The van der Waals surface area contributed by atoms with Crippen LogP contribution in [0.3, 0.4) is 0 Å². The summed E-state index contributed by atoms with van der Waals surface area (Å²) in [6.07, 6.45) is 8.20. The highest BCUT2D eigenvalue weighted by Gasteiger charge is 2.41. The lowest BCUT2D eigenvalue weighted by Crippen LogP contribution is -2.05. The van der Waals surface area contributed by atoms with Crippen LogP contribution in [0.25, 0.3) is 0 Å². The summed E-state index contributed by atoms with van der Waals surface area (Å²) in [4.78, 5) is 0. The summed E-state index contributed by atoms with van der Waals surface area (Å²) >= 11 is 0. The minimum absolute atomic E-state index is 0.100. The van der Waals surface area contributed by atoms with Crippen molar-refractivity contribution in [3.8, 4) is 0 Å². The lowest BCUT2D eigenvalue weighted by atomic mass is 10.0. The molecular formula is C34H36P2. The Morgan fingerprint density at radius 3 is 0.806 bits per heavy atom. The van der Waals surface area contributed by atoms with E-state index in [1.807, 2.05) is 0 Å². The summed E-state index contributed by atoms with van der Waals surface area (Å²) in [5, 5.41) is 0. The number of benzene rings is 4. The second kappa shape index (κ2) is 11.4. The van der Waals surface area contributed by atoms with Crippen molar-refractivity contribution in [2.45, 2.75) is 48.3 Å². The van der Waals surface area contributed by atoms with Gasteiger partial charge in [-0.2, -0.15) is 0 Å². The van der Waals surface area contributed by atoms with Gasteiger partial charge in [-0.15, -0.1) is 0 Å². The molecular weight excluding hydrogens is 470 g/mol. The molecule has 2 aliphatic heterocycles. The summed E-state index contributed by atoms with van der Waals surface area (Å²) in [6.45, 7) is 0.